The molecule has 8 heteroatoms. The summed E-state index contributed by atoms with van der Waals surface area (Å²) in [5.41, 5.74) is 3.28. The van der Waals surface area contributed by atoms with E-state index in [4.69, 9.17) is 0 Å². The second-order valence-corrected chi connectivity index (χ2v) is 11.7. The number of benzene rings is 2. The molecule has 3 aliphatic rings. The van der Waals surface area contributed by atoms with E-state index >= 15 is 4.39 Å². The first-order valence-electron chi connectivity index (χ1n) is 14.1. The predicted molar refractivity (Wildman–Crippen MR) is 150 cm³/mol. The molecule has 7 nitrogen and oxygen atoms in total. The summed E-state index contributed by atoms with van der Waals surface area (Å²) in [5, 5.41) is 14.3. The van der Waals surface area contributed by atoms with E-state index < -0.39 is 5.82 Å². The number of hydrogen-bond donors (Lipinski definition) is 2. The van der Waals surface area contributed by atoms with E-state index in [1.54, 1.807) is 13.0 Å². The van der Waals surface area contributed by atoms with E-state index in [0.29, 0.717) is 34.5 Å². The molecule has 1 atom stereocenters. The highest BCUT2D eigenvalue weighted by Gasteiger charge is 2.27. The van der Waals surface area contributed by atoms with Crippen molar-refractivity contribution in [1.82, 2.24) is 19.7 Å². The van der Waals surface area contributed by atoms with Crippen molar-refractivity contribution in [2.75, 3.05) is 33.3 Å². The van der Waals surface area contributed by atoms with E-state index in [9.17, 15) is 14.7 Å². The first-order valence-corrected chi connectivity index (χ1v) is 14.1. The van der Waals surface area contributed by atoms with Gasteiger partial charge in [-0.2, -0.15) is 0 Å². The van der Waals surface area contributed by atoms with Crippen molar-refractivity contribution in [2.24, 2.45) is 5.92 Å². The second-order valence-electron chi connectivity index (χ2n) is 11.7. The maximum atomic E-state index is 15.0. The van der Waals surface area contributed by atoms with Crippen molar-refractivity contribution in [3.05, 3.63) is 69.4 Å². The smallest absolute Gasteiger partial charge is 0.258 e. The molecule has 2 aliphatic carbocycles. The number of hydrogen-bond acceptors (Lipinski definition) is 5. The van der Waals surface area contributed by atoms with E-state index in [1.165, 1.54) is 6.07 Å². The van der Waals surface area contributed by atoms with E-state index in [0.717, 1.165) is 68.4 Å². The van der Waals surface area contributed by atoms with Crippen molar-refractivity contribution in [3.8, 4) is 11.1 Å². The van der Waals surface area contributed by atoms with Gasteiger partial charge in [-0.15, -0.1) is 0 Å². The molecule has 2 saturated carbocycles. The molecule has 0 unspecified atom stereocenters. The highest BCUT2D eigenvalue weighted by Crippen LogP contribution is 2.33. The Labute approximate surface area is 228 Å². The number of halogens is 1. The number of aliphatic hydroxyl groups is 1. The lowest BCUT2D eigenvalue weighted by Gasteiger charge is -2.38. The van der Waals surface area contributed by atoms with Gasteiger partial charge in [0.15, 0.2) is 0 Å². The molecule has 0 bridgehead atoms. The number of carbonyl (C=O) groups is 1. The number of fused-ring (bicyclic) bond motifs is 1. The molecular formula is C31H37FN4O3. The molecule has 0 radical (unpaired) electrons. The molecule has 6 rings (SSSR count). The Morgan fingerprint density at radius 3 is 2.62 bits per heavy atom. The SMILES string of the molecule is Cc1c(F)cc(C(=O)NC2CC2)cc1-c1ccc2c(=O)n(CC3CC3)cc(CN3CCN(C)[C@@H](CO)C3)c2c1. The average molecular weight is 533 g/mol. The summed E-state index contributed by atoms with van der Waals surface area (Å²) < 4.78 is 16.9. The Morgan fingerprint density at radius 2 is 1.90 bits per heavy atom. The number of likely N-dealkylation sites (N-methyl/N-ethyl adjacent to an activating group) is 1. The largest absolute Gasteiger partial charge is 0.395 e. The number of aliphatic hydroxyl groups excluding tert-OH is 1. The monoisotopic (exact) mass is 532 g/mol. The van der Waals surface area contributed by atoms with Crippen LogP contribution in [0.15, 0.2) is 41.3 Å². The Bertz CT molecular complexity index is 1480. The summed E-state index contributed by atoms with van der Waals surface area (Å²) in [4.78, 5) is 30.7. The van der Waals surface area contributed by atoms with Gasteiger partial charge in [0.25, 0.3) is 11.5 Å². The molecule has 2 N–H and O–H groups in total. The second kappa shape index (κ2) is 10.5. The van der Waals surface area contributed by atoms with Crippen molar-refractivity contribution in [1.29, 1.82) is 0 Å². The molecule has 3 fully saturated rings. The van der Waals surface area contributed by atoms with Gasteiger partial charge in [-0.25, -0.2) is 4.39 Å². The maximum absolute atomic E-state index is 15.0. The Morgan fingerprint density at radius 1 is 1.10 bits per heavy atom. The minimum Gasteiger partial charge on any atom is -0.395 e. The van der Waals surface area contributed by atoms with Crippen LogP contribution in [0.1, 0.15) is 47.2 Å². The average Bonchev–Trinajstić information content (AvgIpc) is 3.86. The molecule has 2 heterocycles. The van der Waals surface area contributed by atoms with Crippen LogP contribution in [0, 0.1) is 18.7 Å². The van der Waals surface area contributed by atoms with Crippen molar-refractivity contribution < 1.29 is 14.3 Å². The van der Waals surface area contributed by atoms with Gasteiger partial charge in [-0.05, 0) is 97.5 Å². The first kappa shape index (κ1) is 26.2. The summed E-state index contributed by atoms with van der Waals surface area (Å²) in [6.45, 7) is 5.71. The van der Waals surface area contributed by atoms with Crippen LogP contribution >= 0.6 is 0 Å². The van der Waals surface area contributed by atoms with Gasteiger partial charge < -0.3 is 15.0 Å². The summed E-state index contributed by atoms with van der Waals surface area (Å²) in [5.74, 6) is -0.110. The van der Waals surface area contributed by atoms with E-state index in [1.807, 2.05) is 36.0 Å². The van der Waals surface area contributed by atoms with Gasteiger partial charge in [0.2, 0.25) is 0 Å². The first-order chi connectivity index (χ1) is 18.8. The normalized spacial score (nSPS) is 20.5. The minimum atomic E-state index is -0.416. The third-order valence-electron chi connectivity index (χ3n) is 8.62. The van der Waals surface area contributed by atoms with Crippen LogP contribution in [0.2, 0.25) is 0 Å². The zero-order chi connectivity index (χ0) is 27.3. The van der Waals surface area contributed by atoms with Crippen LogP contribution in [0.3, 0.4) is 0 Å². The Balaban J connectivity index is 1.41. The number of aromatic nitrogens is 1. The highest BCUT2D eigenvalue weighted by molar-refractivity contribution is 5.97. The third kappa shape index (κ3) is 5.51. The van der Waals surface area contributed by atoms with Gasteiger partial charge in [0.1, 0.15) is 5.82 Å². The molecule has 3 aromatic rings. The van der Waals surface area contributed by atoms with Gasteiger partial charge >= 0.3 is 0 Å². The van der Waals surface area contributed by atoms with Crippen molar-refractivity contribution in [2.45, 2.75) is 57.8 Å². The predicted octanol–water partition coefficient (Wildman–Crippen LogP) is 3.53. The Kier molecular flexibility index (Phi) is 7.04. The number of nitrogens with zero attached hydrogens (tertiary/aromatic N) is 3. The summed E-state index contributed by atoms with van der Waals surface area (Å²) in [6.07, 6.45) is 6.25. The molecule has 1 amide bonds. The number of rotatable bonds is 8. The lowest BCUT2D eigenvalue weighted by atomic mass is 9.94. The topological polar surface area (TPSA) is 77.8 Å². The van der Waals surface area contributed by atoms with Gasteiger partial charge in [0.05, 0.1) is 6.61 Å². The molecule has 1 aliphatic heterocycles. The third-order valence-corrected chi connectivity index (χ3v) is 8.62. The molecule has 1 saturated heterocycles. The number of carbonyl (C=O) groups excluding carboxylic acids is 1. The van der Waals surface area contributed by atoms with Crippen LogP contribution in [0.5, 0.6) is 0 Å². The van der Waals surface area contributed by atoms with Gasteiger partial charge in [-0.3, -0.25) is 19.4 Å². The molecular weight excluding hydrogens is 495 g/mol. The standard InChI is InChI=1S/C31H37FN4O3/c1-19-27(12-22(13-29(19)32)30(38)33-24-6-7-24)21-5-8-26-28(11-21)23(16-36(31(26)39)14-20-3-4-20)15-35-10-9-34(2)25(17-35)18-37/h5,8,11-13,16,20,24-25,37H,3-4,6-7,9-10,14-15,17-18H2,1-2H3,(H,33,38)/t25-/m1/s1. The molecule has 0 spiro atoms. The van der Waals surface area contributed by atoms with Crippen LogP contribution in [-0.4, -0.2) is 70.8 Å². The molecule has 39 heavy (non-hydrogen) atoms. The zero-order valence-corrected chi connectivity index (χ0v) is 22.8. The fraction of sp³-hybridized carbons (Fsp3) is 0.484. The van der Waals surface area contributed by atoms with Crippen LogP contribution in [0.4, 0.5) is 4.39 Å². The quantitative estimate of drug-likeness (QED) is 0.464. The lowest BCUT2D eigenvalue weighted by molar-refractivity contribution is 0.0541. The van der Waals surface area contributed by atoms with Crippen molar-refractivity contribution >= 4 is 16.7 Å². The minimum absolute atomic E-state index is 0.000670. The summed E-state index contributed by atoms with van der Waals surface area (Å²) in [7, 11) is 2.04. The molecule has 206 valence electrons. The molecule has 1 aromatic heterocycles. The summed E-state index contributed by atoms with van der Waals surface area (Å²) in [6, 6.07) is 9.05. The number of piperazine rings is 1. The Hall–Kier alpha value is -3.07. The van der Waals surface area contributed by atoms with Crippen LogP contribution in [0.25, 0.3) is 21.9 Å². The summed E-state index contributed by atoms with van der Waals surface area (Å²) >= 11 is 0. The number of amides is 1. The van der Waals surface area contributed by atoms with Crippen LogP contribution in [-0.2, 0) is 13.1 Å². The lowest BCUT2D eigenvalue weighted by Crippen LogP contribution is -2.52. The van der Waals surface area contributed by atoms with Gasteiger partial charge in [0, 0.05) is 62.0 Å². The number of nitrogens with one attached hydrogen (secondary N) is 1. The molecule has 2 aromatic carbocycles. The van der Waals surface area contributed by atoms with Gasteiger partial charge in [-0.1, -0.05) is 6.07 Å². The maximum Gasteiger partial charge on any atom is 0.258 e. The van der Waals surface area contributed by atoms with E-state index in [-0.39, 0.29) is 30.2 Å². The van der Waals surface area contributed by atoms with Crippen molar-refractivity contribution in [3.63, 3.8) is 0 Å². The fourth-order valence-electron chi connectivity index (χ4n) is 5.67. The number of pyridine rings is 1. The fourth-order valence-corrected chi connectivity index (χ4v) is 5.67. The van der Waals surface area contributed by atoms with Crippen LogP contribution < -0.4 is 10.9 Å². The highest BCUT2D eigenvalue weighted by atomic mass is 19.1. The zero-order valence-electron chi connectivity index (χ0n) is 22.8. The van der Waals surface area contributed by atoms with E-state index in [2.05, 4.69) is 15.1 Å².